The van der Waals surface area contributed by atoms with E-state index in [1.807, 2.05) is 80.4 Å². The second-order valence-corrected chi connectivity index (χ2v) is 7.62. The summed E-state index contributed by atoms with van der Waals surface area (Å²) < 4.78 is 0. The zero-order valence-electron chi connectivity index (χ0n) is 16.9. The topological polar surface area (TPSA) is 52.7 Å². The number of likely N-dealkylation sites (tertiary alicyclic amines) is 1. The molecule has 2 atom stereocenters. The van der Waals surface area contributed by atoms with Crippen LogP contribution in [0.3, 0.4) is 0 Å². The Morgan fingerprint density at radius 2 is 1.89 bits per heavy atom. The van der Waals surface area contributed by atoms with Gasteiger partial charge in [0.05, 0.1) is 12.0 Å². The zero-order chi connectivity index (χ0) is 20.1. The zero-order valence-corrected chi connectivity index (χ0v) is 16.9. The van der Waals surface area contributed by atoms with Gasteiger partial charge in [0.15, 0.2) is 0 Å². The second kappa shape index (κ2) is 8.91. The molecule has 1 fully saturated rings. The molecule has 28 heavy (non-hydrogen) atoms. The molecule has 1 saturated heterocycles. The average Bonchev–Trinajstić information content (AvgIpc) is 2.73. The van der Waals surface area contributed by atoms with Crippen LogP contribution in [0.1, 0.15) is 36.9 Å². The van der Waals surface area contributed by atoms with Crippen molar-refractivity contribution in [1.82, 2.24) is 9.80 Å². The number of aryl methyl sites for hydroxylation is 1. The molecule has 0 aliphatic carbocycles. The van der Waals surface area contributed by atoms with Crippen LogP contribution in [0.4, 0.5) is 10.5 Å². The molecule has 1 heterocycles. The van der Waals surface area contributed by atoms with Crippen LogP contribution in [-0.2, 0) is 4.79 Å². The Labute approximate surface area is 167 Å². The Balaban J connectivity index is 1.62. The second-order valence-electron chi connectivity index (χ2n) is 7.62. The first-order valence-corrected chi connectivity index (χ1v) is 9.90. The summed E-state index contributed by atoms with van der Waals surface area (Å²) in [4.78, 5) is 29.3. The molecule has 1 aliphatic heterocycles. The normalized spacial score (nSPS) is 17.7. The number of nitrogens with one attached hydrogen (secondary N) is 1. The summed E-state index contributed by atoms with van der Waals surface area (Å²) in [6.07, 6.45) is 1.66. The highest BCUT2D eigenvalue weighted by atomic mass is 16.2. The monoisotopic (exact) mass is 379 g/mol. The Morgan fingerprint density at radius 1 is 1.14 bits per heavy atom. The maximum Gasteiger partial charge on any atom is 0.321 e. The third-order valence-corrected chi connectivity index (χ3v) is 5.54. The van der Waals surface area contributed by atoms with Crippen LogP contribution in [0.25, 0.3) is 0 Å². The van der Waals surface area contributed by atoms with Crippen LogP contribution in [0.5, 0.6) is 0 Å². The van der Waals surface area contributed by atoms with Gasteiger partial charge in [-0.25, -0.2) is 4.79 Å². The number of anilines is 1. The smallest absolute Gasteiger partial charge is 0.321 e. The minimum absolute atomic E-state index is 0.00481. The Bertz CT molecular complexity index is 822. The summed E-state index contributed by atoms with van der Waals surface area (Å²) in [5, 5.41) is 2.95. The first-order valence-electron chi connectivity index (χ1n) is 9.90. The van der Waals surface area contributed by atoms with Gasteiger partial charge < -0.3 is 15.1 Å². The standard InChI is InChI=1S/C23H29N3O2/c1-17-9-7-13-21(15-17)24-23(28)26-14-8-12-20(16-26)22(27)25(3)18(2)19-10-5-4-6-11-19/h4-7,9-11,13,15,18,20H,8,12,14,16H2,1-3H3,(H,24,28). The first-order chi connectivity index (χ1) is 13.5. The van der Waals surface area contributed by atoms with Crippen molar-refractivity contribution in [1.29, 1.82) is 0 Å². The Kier molecular flexibility index (Phi) is 6.34. The maximum atomic E-state index is 13.1. The predicted molar refractivity (Wildman–Crippen MR) is 112 cm³/mol. The van der Waals surface area contributed by atoms with Gasteiger partial charge in [0, 0.05) is 25.8 Å². The summed E-state index contributed by atoms with van der Waals surface area (Å²) in [6.45, 7) is 5.18. The van der Waals surface area contributed by atoms with Crippen LogP contribution in [-0.4, -0.2) is 41.9 Å². The van der Waals surface area contributed by atoms with E-state index in [2.05, 4.69) is 5.32 Å². The summed E-state index contributed by atoms with van der Waals surface area (Å²) in [7, 11) is 1.85. The fourth-order valence-corrected chi connectivity index (χ4v) is 3.72. The van der Waals surface area contributed by atoms with Crippen molar-refractivity contribution in [3.8, 4) is 0 Å². The van der Waals surface area contributed by atoms with Crippen molar-refractivity contribution in [2.75, 3.05) is 25.5 Å². The molecule has 0 saturated carbocycles. The Morgan fingerprint density at radius 3 is 2.61 bits per heavy atom. The molecule has 0 radical (unpaired) electrons. The lowest BCUT2D eigenvalue weighted by molar-refractivity contribution is -0.137. The summed E-state index contributed by atoms with van der Waals surface area (Å²) in [5.41, 5.74) is 3.00. The quantitative estimate of drug-likeness (QED) is 0.853. The predicted octanol–water partition coefficient (Wildman–Crippen LogP) is 4.46. The molecule has 2 aromatic rings. The van der Waals surface area contributed by atoms with Gasteiger partial charge in [0.25, 0.3) is 0 Å². The number of amides is 3. The molecule has 0 aromatic heterocycles. The van der Waals surface area contributed by atoms with Crippen LogP contribution in [0.2, 0.25) is 0 Å². The van der Waals surface area contributed by atoms with Gasteiger partial charge in [0.1, 0.15) is 0 Å². The molecule has 0 bridgehead atoms. The summed E-state index contributed by atoms with van der Waals surface area (Å²) in [5.74, 6) is -0.0578. The number of hydrogen-bond acceptors (Lipinski definition) is 2. The number of benzene rings is 2. The number of hydrogen-bond donors (Lipinski definition) is 1. The Hall–Kier alpha value is -2.82. The fraction of sp³-hybridized carbons (Fsp3) is 0.391. The van der Waals surface area contributed by atoms with Gasteiger partial charge in [-0.15, -0.1) is 0 Å². The van der Waals surface area contributed by atoms with Crippen molar-refractivity contribution < 1.29 is 9.59 Å². The number of rotatable bonds is 4. The summed E-state index contributed by atoms with van der Waals surface area (Å²) >= 11 is 0. The molecule has 1 aliphatic rings. The van der Waals surface area contributed by atoms with Crippen molar-refractivity contribution in [2.45, 2.75) is 32.7 Å². The van der Waals surface area contributed by atoms with Crippen LogP contribution >= 0.6 is 0 Å². The van der Waals surface area contributed by atoms with E-state index in [1.165, 1.54) is 0 Å². The highest BCUT2D eigenvalue weighted by Gasteiger charge is 2.31. The first kappa shape index (κ1) is 19.9. The summed E-state index contributed by atoms with van der Waals surface area (Å²) in [6, 6.07) is 17.6. The number of urea groups is 1. The lowest BCUT2D eigenvalue weighted by Crippen LogP contribution is -2.47. The van der Waals surface area contributed by atoms with Gasteiger partial charge in [0.2, 0.25) is 5.91 Å². The van der Waals surface area contributed by atoms with Gasteiger partial charge in [-0.2, -0.15) is 0 Å². The van der Waals surface area contributed by atoms with Gasteiger partial charge in [-0.1, -0.05) is 42.5 Å². The van der Waals surface area contributed by atoms with Gasteiger partial charge in [-0.05, 0) is 49.9 Å². The number of nitrogens with zero attached hydrogens (tertiary/aromatic N) is 2. The molecular weight excluding hydrogens is 350 g/mol. The molecule has 148 valence electrons. The van der Waals surface area contributed by atoms with Gasteiger partial charge >= 0.3 is 6.03 Å². The third kappa shape index (κ3) is 4.71. The van der Waals surface area contributed by atoms with Crippen molar-refractivity contribution in [3.05, 3.63) is 65.7 Å². The molecular formula is C23H29N3O2. The van der Waals surface area contributed by atoms with E-state index in [0.717, 1.165) is 29.7 Å². The largest absolute Gasteiger partial charge is 0.339 e. The number of carbonyl (C=O) groups excluding carboxylic acids is 2. The van der Waals surface area contributed by atoms with E-state index in [9.17, 15) is 9.59 Å². The van der Waals surface area contributed by atoms with E-state index in [-0.39, 0.29) is 23.9 Å². The molecule has 3 rings (SSSR count). The van der Waals surface area contributed by atoms with Gasteiger partial charge in [-0.3, -0.25) is 4.79 Å². The van der Waals surface area contributed by atoms with E-state index in [0.29, 0.717) is 13.1 Å². The molecule has 0 spiro atoms. The lowest BCUT2D eigenvalue weighted by Gasteiger charge is -2.35. The van der Waals surface area contributed by atoms with Crippen LogP contribution in [0, 0.1) is 12.8 Å². The lowest BCUT2D eigenvalue weighted by atomic mass is 9.95. The van der Waals surface area contributed by atoms with Crippen LogP contribution < -0.4 is 5.32 Å². The molecule has 2 unspecified atom stereocenters. The van der Waals surface area contributed by atoms with E-state index in [4.69, 9.17) is 0 Å². The highest BCUT2D eigenvalue weighted by Crippen LogP contribution is 2.25. The van der Waals surface area contributed by atoms with E-state index >= 15 is 0 Å². The van der Waals surface area contributed by atoms with Crippen molar-refractivity contribution in [2.24, 2.45) is 5.92 Å². The molecule has 2 aromatic carbocycles. The highest BCUT2D eigenvalue weighted by molar-refractivity contribution is 5.90. The minimum Gasteiger partial charge on any atom is -0.339 e. The van der Waals surface area contributed by atoms with Crippen LogP contribution in [0.15, 0.2) is 54.6 Å². The number of carbonyl (C=O) groups is 2. The maximum absolute atomic E-state index is 13.1. The minimum atomic E-state index is -0.159. The third-order valence-electron chi connectivity index (χ3n) is 5.54. The molecule has 3 amide bonds. The molecule has 5 nitrogen and oxygen atoms in total. The fourth-order valence-electron chi connectivity index (χ4n) is 3.72. The van der Waals surface area contributed by atoms with Crippen molar-refractivity contribution in [3.63, 3.8) is 0 Å². The number of piperidine rings is 1. The van der Waals surface area contributed by atoms with Crippen molar-refractivity contribution >= 4 is 17.6 Å². The average molecular weight is 380 g/mol. The van der Waals surface area contributed by atoms with E-state index in [1.54, 1.807) is 4.90 Å². The van der Waals surface area contributed by atoms with E-state index < -0.39 is 0 Å². The molecule has 1 N–H and O–H groups in total. The SMILES string of the molecule is Cc1cccc(NC(=O)N2CCCC(C(=O)N(C)C(C)c3ccccc3)C2)c1. The molecule has 5 heteroatoms.